The fraction of sp³-hybridized carbons (Fsp3) is 0.214. The van der Waals surface area contributed by atoms with E-state index in [-0.39, 0.29) is 11.7 Å². The molecule has 0 atom stereocenters. The lowest BCUT2D eigenvalue weighted by atomic mass is 10.1. The summed E-state index contributed by atoms with van der Waals surface area (Å²) in [4.78, 5) is 12.4. The van der Waals surface area contributed by atoms with Crippen LogP contribution in [0.1, 0.15) is 16.8 Å². The van der Waals surface area contributed by atoms with Crippen LogP contribution in [0.2, 0.25) is 5.15 Å². The van der Waals surface area contributed by atoms with Crippen LogP contribution in [-0.2, 0) is 6.54 Å². The molecule has 23 heavy (non-hydrogen) atoms. The van der Waals surface area contributed by atoms with E-state index in [0.29, 0.717) is 11.3 Å². The van der Waals surface area contributed by atoms with E-state index in [1.54, 1.807) is 6.92 Å². The molecule has 0 bridgehead atoms. The minimum Gasteiger partial charge on any atom is -0.244 e. The first-order chi connectivity index (χ1) is 11.0. The van der Waals surface area contributed by atoms with E-state index in [4.69, 9.17) is 11.6 Å². The second kappa shape index (κ2) is 5.88. The predicted octanol–water partition coefficient (Wildman–Crippen LogP) is 1.68. The van der Waals surface area contributed by atoms with Crippen molar-refractivity contribution in [3.8, 4) is 5.69 Å². The van der Waals surface area contributed by atoms with Gasteiger partial charge in [-0.2, -0.15) is 14.5 Å². The maximum absolute atomic E-state index is 13.0. The normalized spacial score (nSPS) is 11.0. The van der Waals surface area contributed by atoms with Crippen molar-refractivity contribution in [1.82, 2.24) is 30.0 Å². The van der Waals surface area contributed by atoms with Gasteiger partial charge in [-0.15, -0.1) is 5.10 Å². The number of rotatable bonds is 3. The molecule has 0 N–H and O–H groups in total. The number of tetrazole rings is 1. The van der Waals surface area contributed by atoms with Crippen LogP contribution in [0.3, 0.4) is 0 Å². The van der Waals surface area contributed by atoms with Crippen LogP contribution < -0.4 is 5.69 Å². The quantitative estimate of drug-likeness (QED) is 0.728. The van der Waals surface area contributed by atoms with Crippen molar-refractivity contribution >= 4 is 11.6 Å². The number of aromatic nitrogens is 6. The zero-order valence-electron chi connectivity index (χ0n) is 12.4. The van der Waals surface area contributed by atoms with Gasteiger partial charge in [-0.3, -0.25) is 0 Å². The summed E-state index contributed by atoms with van der Waals surface area (Å²) in [6, 6.07) is 5.40. The Bertz CT molecular complexity index is 918. The lowest BCUT2D eigenvalue weighted by molar-refractivity contribution is 0.625. The standard InChI is InChI=1S/C14H12ClFN6O/c1-8-9(2)17-18-13(15)12(8)7-21-14(23)22(20-19-21)11-5-3-10(16)4-6-11/h3-6H,7H2,1-2H3. The molecule has 0 spiro atoms. The zero-order chi connectivity index (χ0) is 16.6. The van der Waals surface area contributed by atoms with Gasteiger partial charge in [0.05, 0.1) is 17.9 Å². The van der Waals surface area contributed by atoms with E-state index >= 15 is 0 Å². The predicted molar refractivity (Wildman–Crippen MR) is 81.2 cm³/mol. The van der Waals surface area contributed by atoms with Gasteiger partial charge in [0.15, 0.2) is 5.15 Å². The van der Waals surface area contributed by atoms with Gasteiger partial charge in [-0.05, 0) is 54.1 Å². The van der Waals surface area contributed by atoms with Gasteiger partial charge in [-0.1, -0.05) is 11.6 Å². The minimum atomic E-state index is -0.457. The highest BCUT2D eigenvalue weighted by molar-refractivity contribution is 6.30. The topological polar surface area (TPSA) is 78.5 Å². The Balaban J connectivity index is 1.99. The van der Waals surface area contributed by atoms with Crippen LogP contribution in [0.5, 0.6) is 0 Å². The second-order valence-electron chi connectivity index (χ2n) is 4.99. The van der Waals surface area contributed by atoms with Gasteiger partial charge in [0.25, 0.3) is 0 Å². The Morgan fingerprint density at radius 1 is 1.13 bits per heavy atom. The van der Waals surface area contributed by atoms with Crippen molar-refractivity contribution in [2.75, 3.05) is 0 Å². The molecular weight excluding hydrogens is 323 g/mol. The molecule has 3 rings (SSSR count). The van der Waals surface area contributed by atoms with Gasteiger partial charge in [0, 0.05) is 5.56 Å². The van der Waals surface area contributed by atoms with Crippen LogP contribution in [-0.4, -0.2) is 30.0 Å². The summed E-state index contributed by atoms with van der Waals surface area (Å²) in [5.41, 5.74) is 2.19. The molecule has 9 heteroatoms. The molecule has 0 radical (unpaired) electrons. The number of halogens is 2. The minimum absolute atomic E-state index is 0.126. The molecule has 2 heterocycles. The van der Waals surface area contributed by atoms with Gasteiger partial charge in [0.2, 0.25) is 0 Å². The molecular formula is C14H12ClFN6O. The molecule has 0 aliphatic carbocycles. The van der Waals surface area contributed by atoms with Crippen LogP contribution in [0.15, 0.2) is 29.1 Å². The lowest BCUT2D eigenvalue weighted by Crippen LogP contribution is -2.25. The molecule has 0 aliphatic rings. The first kappa shape index (κ1) is 15.3. The van der Waals surface area contributed by atoms with Crippen molar-refractivity contribution in [3.05, 3.63) is 62.5 Å². The number of aryl methyl sites for hydroxylation is 1. The SMILES string of the molecule is Cc1nnc(Cl)c(Cn2nnn(-c3ccc(F)cc3)c2=O)c1C. The van der Waals surface area contributed by atoms with Crippen LogP contribution in [0.4, 0.5) is 4.39 Å². The Hall–Kier alpha value is -2.61. The first-order valence-electron chi connectivity index (χ1n) is 6.74. The Kier molecular flexibility index (Phi) is 3.91. The molecule has 1 aromatic carbocycles. The molecule has 0 amide bonds. The molecule has 0 saturated carbocycles. The number of benzene rings is 1. The summed E-state index contributed by atoms with van der Waals surface area (Å²) in [7, 11) is 0. The van der Waals surface area contributed by atoms with E-state index in [1.807, 2.05) is 6.92 Å². The van der Waals surface area contributed by atoms with Crippen molar-refractivity contribution in [2.45, 2.75) is 20.4 Å². The van der Waals surface area contributed by atoms with E-state index in [2.05, 4.69) is 20.6 Å². The third-order valence-corrected chi connectivity index (χ3v) is 3.85. The van der Waals surface area contributed by atoms with Gasteiger partial charge < -0.3 is 0 Å². The van der Waals surface area contributed by atoms with Crippen molar-refractivity contribution in [1.29, 1.82) is 0 Å². The maximum Gasteiger partial charge on any atom is 0.368 e. The monoisotopic (exact) mass is 334 g/mol. The average Bonchev–Trinajstić information content (AvgIpc) is 2.89. The highest BCUT2D eigenvalue weighted by Crippen LogP contribution is 2.18. The summed E-state index contributed by atoms with van der Waals surface area (Å²) in [5, 5.41) is 15.6. The van der Waals surface area contributed by atoms with Crippen molar-refractivity contribution < 1.29 is 4.39 Å². The molecule has 2 aromatic heterocycles. The van der Waals surface area contributed by atoms with Gasteiger partial charge >= 0.3 is 5.69 Å². The van der Waals surface area contributed by atoms with Crippen LogP contribution >= 0.6 is 11.6 Å². The second-order valence-corrected chi connectivity index (χ2v) is 5.35. The van der Waals surface area contributed by atoms with E-state index in [9.17, 15) is 9.18 Å². The Labute approximate surface area is 135 Å². The largest absolute Gasteiger partial charge is 0.368 e. The third-order valence-electron chi connectivity index (χ3n) is 3.55. The molecule has 118 valence electrons. The number of nitrogens with zero attached hydrogens (tertiary/aromatic N) is 6. The lowest BCUT2D eigenvalue weighted by Gasteiger charge is -2.07. The summed E-state index contributed by atoms with van der Waals surface area (Å²) in [6.45, 7) is 3.78. The van der Waals surface area contributed by atoms with E-state index < -0.39 is 11.5 Å². The highest BCUT2D eigenvalue weighted by atomic mass is 35.5. The van der Waals surface area contributed by atoms with Crippen LogP contribution in [0, 0.1) is 19.7 Å². The van der Waals surface area contributed by atoms with Crippen molar-refractivity contribution in [2.24, 2.45) is 0 Å². The van der Waals surface area contributed by atoms with Gasteiger partial charge in [0.1, 0.15) is 5.82 Å². The smallest absolute Gasteiger partial charge is 0.244 e. The Morgan fingerprint density at radius 2 is 1.83 bits per heavy atom. The molecule has 3 aromatic rings. The molecule has 7 nitrogen and oxygen atoms in total. The van der Waals surface area contributed by atoms with E-state index in [1.165, 1.54) is 28.9 Å². The summed E-state index contributed by atoms with van der Waals surface area (Å²) in [5.74, 6) is -0.394. The summed E-state index contributed by atoms with van der Waals surface area (Å²) >= 11 is 6.06. The van der Waals surface area contributed by atoms with Gasteiger partial charge in [-0.25, -0.2) is 9.18 Å². The summed E-state index contributed by atoms with van der Waals surface area (Å²) in [6.07, 6.45) is 0. The number of hydrogen-bond acceptors (Lipinski definition) is 5. The fourth-order valence-electron chi connectivity index (χ4n) is 2.08. The Morgan fingerprint density at radius 3 is 2.52 bits per heavy atom. The number of hydrogen-bond donors (Lipinski definition) is 0. The third kappa shape index (κ3) is 2.85. The summed E-state index contributed by atoms with van der Waals surface area (Å²) < 4.78 is 15.2. The average molecular weight is 335 g/mol. The molecule has 0 aliphatic heterocycles. The van der Waals surface area contributed by atoms with Crippen molar-refractivity contribution in [3.63, 3.8) is 0 Å². The first-order valence-corrected chi connectivity index (χ1v) is 7.12. The molecule has 0 saturated heterocycles. The maximum atomic E-state index is 13.0. The highest BCUT2D eigenvalue weighted by Gasteiger charge is 2.14. The molecule has 0 fully saturated rings. The van der Waals surface area contributed by atoms with E-state index in [0.717, 1.165) is 15.9 Å². The fourth-order valence-corrected chi connectivity index (χ4v) is 2.32. The van der Waals surface area contributed by atoms with Crippen LogP contribution in [0.25, 0.3) is 5.69 Å². The molecule has 0 unspecified atom stereocenters. The zero-order valence-corrected chi connectivity index (χ0v) is 13.1.